The first kappa shape index (κ1) is 15.7. The molecule has 1 heterocycles. The molecule has 1 aromatic carbocycles. The van der Waals surface area contributed by atoms with Crippen LogP contribution < -0.4 is 10.6 Å². The molecule has 0 aromatic heterocycles. The van der Waals surface area contributed by atoms with Gasteiger partial charge >= 0.3 is 0 Å². The number of likely N-dealkylation sites (tertiary alicyclic amines) is 1. The maximum atomic E-state index is 5.69. The maximum Gasteiger partial charge on any atom is 0.105 e. The lowest BCUT2D eigenvalue weighted by molar-refractivity contribution is 0.222. The molecule has 1 fully saturated rings. The first-order valence-electron chi connectivity index (χ1n) is 6.96. The zero-order valence-electron chi connectivity index (χ0n) is 12.1. The Kier molecular flexibility index (Phi) is 5.41. The van der Waals surface area contributed by atoms with Crippen LogP contribution in [0.15, 0.2) is 22.7 Å². The van der Waals surface area contributed by atoms with Crippen molar-refractivity contribution in [3.05, 3.63) is 28.2 Å². The summed E-state index contributed by atoms with van der Waals surface area (Å²) in [6, 6.07) is 6.19. The van der Waals surface area contributed by atoms with E-state index in [0.29, 0.717) is 4.99 Å². The SMILES string of the molecule is CN1CCC(CN(C)c2ccc(C(N)=S)c(Br)c2)CC1. The number of anilines is 1. The van der Waals surface area contributed by atoms with E-state index in [-0.39, 0.29) is 0 Å². The van der Waals surface area contributed by atoms with Crippen molar-refractivity contribution in [2.45, 2.75) is 12.8 Å². The van der Waals surface area contributed by atoms with Crippen molar-refractivity contribution in [2.75, 3.05) is 38.6 Å². The summed E-state index contributed by atoms with van der Waals surface area (Å²) in [5.41, 5.74) is 7.79. The highest BCUT2D eigenvalue weighted by Gasteiger charge is 2.18. The van der Waals surface area contributed by atoms with Crippen molar-refractivity contribution in [2.24, 2.45) is 11.7 Å². The summed E-state index contributed by atoms with van der Waals surface area (Å²) in [7, 11) is 4.35. The van der Waals surface area contributed by atoms with Crippen molar-refractivity contribution < 1.29 is 0 Å². The van der Waals surface area contributed by atoms with Crippen LogP contribution in [0.2, 0.25) is 0 Å². The molecule has 5 heteroatoms. The summed E-state index contributed by atoms with van der Waals surface area (Å²) in [6.07, 6.45) is 2.57. The third kappa shape index (κ3) is 3.93. The lowest BCUT2D eigenvalue weighted by atomic mass is 9.96. The van der Waals surface area contributed by atoms with E-state index in [1.165, 1.54) is 31.6 Å². The summed E-state index contributed by atoms with van der Waals surface area (Å²) in [6.45, 7) is 3.53. The minimum absolute atomic E-state index is 0.432. The van der Waals surface area contributed by atoms with Gasteiger partial charge in [0.05, 0.1) is 0 Å². The van der Waals surface area contributed by atoms with Crippen LogP contribution in [0.5, 0.6) is 0 Å². The van der Waals surface area contributed by atoms with E-state index in [1.807, 2.05) is 6.07 Å². The number of nitrogens with zero attached hydrogens (tertiary/aromatic N) is 2. The van der Waals surface area contributed by atoms with E-state index in [1.54, 1.807) is 0 Å². The van der Waals surface area contributed by atoms with E-state index in [0.717, 1.165) is 22.5 Å². The molecule has 1 aliphatic rings. The summed E-state index contributed by atoms with van der Waals surface area (Å²) in [5, 5.41) is 0. The van der Waals surface area contributed by atoms with Crippen molar-refractivity contribution in [3.63, 3.8) is 0 Å². The number of benzene rings is 1. The van der Waals surface area contributed by atoms with Crippen LogP contribution in [0.1, 0.15) is 18.4 Å². The monoisotopic (exact) mass is 355 g/mol. The average Bonchev–Trinajstić information content (AvgIpc) is 2.40. The zero-order chi connectivity index (χ0) is 14.7. The van der Waals surface area contributed by atoms with Gasteiger partial charge in [-0.2, -0.15) is 0 Å². The van der Waals surface area contributed by atoms with Gasteiger partial charge in [0.1, 0.15) is 4.99 Å². The standard InChI is InChI=1S/C15H22BrN3S/c1-18-7-5-11(6-8-18)10-19(2)12-3-4-13(15(17)20)14(16)9-12/h3-4,9,11H,5-8,10H2,1-2H3,(H2,17,20). The predicted molar refractivity (Wildman–Crippen MR) is 93.5 cm³/mol. The molecule has 1 aromatic rings. The van der Waals surface area contributed by atoms with Crippen LogP contribution in [0, 0.1) is 5.92 Å². The van der Waals surface area contributed by atoms with Gasteiger partial charge in [0, 0.05) is 29.3 Å². The fourth-order valence-corrected chi connectivity index (χ4v) is 3.57. The van der Waals surface area contributed by atoms with Crippen LogP contribution in [0.4, 0.5) is 5.69 Å². The fourth-order valence-electron chi connectivity index (χ4n) is 2.68. The third-order valence-corrected chi connectivity index (χ3v) is 4.91. The Balaban J connectivity index is 2.00. The minimum Gasteiger partial charge on any atom is -0.389 e. The number of hydrogen-bond donors (Lipinski definition) is 1. The molecule has 2 N–H and O–H groups in total. The van der Waals surface area contributed by atoms with Crippen molar-refractivity contribution in [1.29, 1.82) is 0 Å². The van der Waals surface area contributed by atoms with Gasteiger partial charge in [0.2, 0.25) is 0 Å². The maximum absolute atomic E-state index is 5.69. The lowest BCUT2D eigenvalue weighted by Gasteiger charge is -2.32. The Hall–Kier alpha value is -0.650. The summed E-state index contributed by atoms with van der Waals surface area (Å²) in [5.74, 6) is 0.783. The highest BCUT2D eigenvalue weighted by Crippen LogP contribution is 2.25. The van der Waals surface area contributed by atoms with Crippen molar-refractivity contribution in [3.8, 4) is 0 Å². The van der Waals surface area contributed by atoms with Crippen LogP contribution in [-0.4, -0.2) is 43.6 Å². The quantitative estimate of drug-likeness (QED) is 0.841. The van der Waals surface area contributed by atoms with Gasteiger partial charge in [-0.3, -0.25) is 0 Å². The molecular formula is C15H22BrN3S. The van der Waals surface area contributed by atoms with Crippen LogP contribution in [0.3, 0.4) is 0 Å². The minimum atomic E-state index is 0.432. The molecule has 1 aliphatic heterocycles. The second kappa shape index (κ2) is 6.87. The van der Waals surface area contributed by atoms with Gasteiger partial charge in [-0.1, -0.05) is 12.2 Å². The predicted octanol–water partition coefficient (Wildman–Crippen LogP) is 2.86. The van der Waals surface area contributed by atoms with Gasteiger partial charge in [0.25, 0.3) is 0 Å². The highest BCUT2D eigenvalue weighted by molar-refractivity contribution is 9.10. The molecule has 20 heavy (non-hydrogen) atoms. The van der Waals surface area contributed by atoms with Crippen LogP contribution in [-0.2, 0) is 0 Å². The Labute approximate surface area is 135 Å². The number of halogens is 1. The van der Waals surface area contributed by atoms with E-state index < -0.39 is 0 Å². The fraction of sp³-hybridized carbons (Fsp3) is 0.533. The Morgan fingerprint density at radius 2 is 2.10 bits per heavy atom. The largest absolute Gasteiger partial charge is 0.389 e. The Morgan fingerprint density at radius 3 is 2.65 bits per heavy atom. The van der Waals surface area contributed by atoms with Crippen molar-refractivity contribution in [1.82, 2.24) is 4.90 Å². The van der Waals surface area contributed by atoms with Crippen LogP contribution >= 0.6 is 28.1 Å². The molecule has 0 spiro atoms. The molecule has 0 amide bonds. The molecular weight excluding hydrogens is 334 g/mol. The average molecular weight is 356 g/mol. The van der Waals surface area contributed by atoms with Gasteiger partial charge in [-0.15, -0.1) is 0 Å². The van der Waals surface area contributed by atoms with Crippen LogP contribution in [0.25, 0.3) is 0 Å². The third-order valence-electron chi connectivity index (χ3n) is 4.03. The molecule has 0 radical (unpaired) electrons. The molecule has 0 aliphatic carbocycles. The molecule has 110 valence electrons. The molecule has 2 rings (SSSR count). The second-order valence-corrected chi connectivity index (χ2v) is 6.95. The van der Waals surface area contributed by atoms with E-state index in [4.69, 9.17) is 18.0 Å². The molecule has 0 saturated carbocycles. The number of hydrogen-bond acceptors (Lipinski definition) is 3. The number of nitrogens with two attached hydrogens (primary N) is 1. The first-order chi connectivity index (χ1) is 9.47. The van der Waals surface area contributed by atoms with E-state index in [2.05, 4.69) is 52.0 Å². The highest BCUT2D eigenvalue weighted by atomic mass is 79.9. The molecule has 0 bridgehead atoms. The van der Waals surface area contributed by atoms with Gasteiger partial charge in [-0.05, 0) is 73.0 Å². The number of thiocarbonyl (C=S) groups is 1. The zero-order valence-corrected chi connectivity index (χ0v) is 14.5. The summed E-state index contributed by atoms with van der Waals surface area (Å²) >= 11 is 8.58. The van der Waals surface area contributed by atoms with Gasteiger partial charge < -0.3 is 15.5 Å². The summed E-state index contributed by atoms with van der Waals surface area (Å²) in [4.78, 5) is 5.16. The van der Waals surface area contributed by atoms with Gasteiger partial charge in [-0.25, -0.2) is 0 Å². The van der Waals surface area contributed by atoms with Gasteiger partial charge in [0.15, 0.2) is 0 Å². The Morgan fingerprint density at radius 1 is 1.45 bits per heavy atom. The molecule has 0 atom stereocenters. The van der Waals surface area contributed by atoms with Crippen molar-refractivity contribution >= 4 is 38.8 Å². The molecule has 1 saturated heterocycles. The number of rotatable bonds is 4. The molecule has 3 nitrogen and oxygen atoms in total. The van der Waals surface area contributed by atoms with E-state index in [9.17, 15) is 0 Å². The topological polar surface area (TPSA) is 32.5 Å². The normalized spacial score (nSPS) is 17.1. The first-order valence-corrected chi connectivity index (χ1v) is 8.16. The lowest BCUT2D eigenvalue weighted by Crippen LogP contribution is -2.35. The Bertz CT molecular complexity index is 484. The number of piperidine rings is 1. The smallest absolute Gasteiger partial charge is 0.105 e. The van der Waals surface area contributed by atoms with E-state index >= 15 is 0 Å². The second-order valence-electron chi connectivity index (χ2n) is 5.66. The molecule has 0 unspecified atom stereocenters. The summed E-state index contributed by atoms with van der Waals surface area (Å²) < 4.78 is 0.970.